The first-order chi connectivity index (χ1) is 22.9. The molecule has 256 valence electrons. The van der Waals surface area contributed by atoms with Gasteiger partial charge in [0.2, 0.25) is 5.91 Å². The van der Waals surface area contributed by atoms with Crippen LogP contribution >= 0.6 is 0 Å². The molecule has 1 spiro atoms. The van der Waals surface area contributed by atoms with E-state index in [0.717, 1.165) is 63.4 Å². The SMILES string of the molecule is [B]c1cc(C[C@@H](OC(=O)CCC2CCC3(CC2)CC(=O)Nc2ccccc23)C(=O)N2CCC(N3CCCC3)CC2)cc(C(F)(F)F)c1N. The van der Waals surface area contributed by atoms with Crippen molar-refractivity contribution in [3.8, 4) is 0 Å². The number of likely N-dealkylation sites (tertiary alicyclic amines) is 2. The molecule has 2 aromatic rings. The van der Waals surface area contributed by atoms with Crippen molar-refractivity contribution in [1.29, 1.82) is 0 Å². The normalized spacial score (nSPS) is 24.3. The molecule has 8 nitrogen and oxygen atoms in total. The van der Waals surface area contributed by atoms with Gasteiger partial charge in [-0.15, -0.1) is 0 Å². The zero-order valence-electron chi connectivity index (χ0n) is 27.3. The third-order valence-corrected chi connectivity index (χ3v) is 11.1. The van der Waals surface area contributed by atoms with E-state index in [9.17, 15) is 27.6 Å². The maximum atomic E-state index is 13.8. The van der Waals surface area contributed by atoms with Crippen LogP contribution in [-0.4, -0.2) is 73.8 Å². The minimum atomic E-state index is -4.73. The molecule has 0 bridgehead atoms. The lowest BCUT2D eigenvalue weighted by Gasteiger charge is -2.43. The number of nitrogens with zero attached hydrogens (tertiary/aromatic N) is 2. The van der Waals surface area contributed by atoms with Gasteiger partial charge in [0.05, 0.1) is 5.56 Å². The van der Waals surface area contributed by atoms with Crippen LogP contribution in [0.1, 0.15) is 87.3 Å². The fourth-order valence-electron chi connectivity index (χ4n) is 8.40. The largest absolute Gasteiger partial charge is 0.452 e. The molecular weight excluding hydrogens is 620 g/mol. The summed E-state index contributed by atoms with van der Waals surface area (Å²) in [4.78, 5) is 43.7. The van der Waals surface area contributed by atoms with E-state index < -0.39 is 35.4 Å². The predicted octanol–water partition coefficient (Wildman–Crippen LogP) is 4.87. The molecule has 2 radical (unpaired) electrons. The number of amides is 2. The standard InChI is InChI=1S/C36H44BF3N4O4/c37-28-20-24(19-27(33(28)41)36(38,39)40)21-30(34(47)44-17-11-25(12-18-44)43-15-3-4-16-43)48-32(46)8-7-23-9-13-35(14-10-23)22-31(45)42-29-6-2-1-5-26(29)35/h1-2,5-6,19-20,23,25,30H,3-4,7-18,21-22,41H2,(H,42,45)/t23?,30-,35?/m1/s1. The Hall–Kier alpha value is -3.54. The summed E-state index contributed by atoms with van der Waals surface area (Å²) in [6.07, 6.45) is 2.19. The first kappa shape index (κ1) is 34.3. The van der Waals surface area contributed by atoms with E-state index in [0.29, 0.717) is 32.0 Å². The number of anilines is 2. The molecule has 1 aliphatic carbocycles. The number of halogens is 3. The molecule has 0 unspecified atom stereocenters. The van der Waals surface area contributed by atoms with Crippen molar-refractivity contribution in [2.24, 2.45) is 5.92 Å². The number of fused-ring (bicyclic) bond motifs is 2. The predicted molar refractivity (Wildman–Crippen MR) is 178 cm³/mol. The number of nitrogens with two attached hydrogens (primary N) is 1. The number of ether oxygens (including phenoxy) is 1. The molecule has 48 heavy (non-hydrogen) atoms. The third kappa shape index (κ3) is 7.53. The van der Waals surface area contributed by atoms with Gasteiger partial charge in [0.15, 0.2) is 6.10 Å². The second kappa shape index (κ2) is 14.1. The molecule has 4 aliphatic rings. The molecule has 3 heterocycles. The summed E-state index contributed by atoms with van der Waals surface area (Å²) in [6.45, 7) is 3.11. The summed E-state index contributed by atoms with van der Waals surface area (Å²) in [7, 11) is 5.85. The van der Waals surface area contributed by atoms with Gasteiger partial charge in [0, 0.05) is 55.2 Å². The first-order valence-corrected chi connectivity index (χ1v) is 17.3. The molecule has 6 rings (SSSR count). The Morgan fingerprint density at radius 3 is 2.42 bits per heavy atom. The maximum Gasteiger partial charge on any atom is 0.418 e. The van der Waals surface area contributed by atoms with E-state index in [1.54, 1.807) is 4.90 Å². The fraction of sp³-hybridized carbons (Fsp3) is 0.583. The number of carbonyl (C=O) groups excluding carboxylic acids is 3. The molecule has 1 saturated carbocycles. The van der Waals surface area contributed by atoms with E-state index >= 15 is 0 Å². The number of nitrogens with one attached hydrogen (secondary N) is 1. The van der Waals surface area contributed by atoms with Gasteiger partial charge < -0.3 is 25.6 Å². The van der Waals surface area contributed by atoms with Crippen LogP contribution in [0.4, 0.5) is 24.5 Å². The molecule has 3 N–H and O–H groups in total. The molecule has 2 amide bonds. The second-order valence-corrected chi connectivity index (χ2v) is 14.2. The number of carbonyl (C=O) groups is 3. The monoisotopic (exact) mass is 664 g/mol. The molecule has 3 fully saturated rings. The van der Waals surface area contributed by atoms with E-state index in [4.69, 9.17) is 18.3 Å². The Morgan fingerprint density at radius 1 is 1.04 bits per heavy atom. The number of piperidine rings is 1. The quantitative estimate of drug-likeness (QED) is 0.237. The Balaban J connectivity index is 1.10. The highest BCUT2D eigenvalue weighted by Crippen LogP contribution is 2.49. The summed E-state index contributed by atoms with van der Waals surface area (Å²) in [5.41, 5.74) is 5.73. The molecule has 12 heteroatoms. The van der Waals surface area contributed by atoms with E-state index in [1.807, 2.05) is 18.2 Å². The van der Waals surface area contributed by atoms with Gasteiger partial charge >= 0.3 is 12.1 Å². The highest BCUT2D eigenvalue weighted by atomic mass is 19.4. The van der Waals surface area contributed by atoms with Crippen molar-refractivity contribution in [3.05, 3.63) is 53.1 Å². The number of hydrogen-bond acceptors (Lipinski definition) is 6. The van der Waals surface area contributed by atoms with E-state index in [-0.39, 0.29) is 41.1 Å². The summed E-state index contributed by atoms with van der Waals surface area (Å²) >= 11 is 0. The van der Waals surface area contributed by atoms with Crippen LogP contribution in [-0.2, 0) is 37.1 Å². The Bertz CT molecular complexity index is 1510. The number of benzene rings is 2. The lowest BCUT2D eigenvalue weighted by Crippen LogP contribution is -2.50. The van der Waals surface area contributed by atoms with Gasteiger partial charge in [-0.25, -0.2) is 0 Å². The maximum absolute atomic E-state index is 13.8. The summed E-state index contributed by atoms with van der Waals surface area (Å²) in [5, 5.41) is 2.98. The first-order valence-electron chi connectivity index (χ1n) is 17.3. The van der Waals surface area contributed by atoms with E-state index in [1.165, 1.54) is 24.5 Å². The zero-order chi connectivity index (χ0) is 34.1. The number of hydrogen-bond donors (Lipinski definition) is 2. The van der Waals surface area contributed by atoms with Crippen molar-refractivity contribution in [2.75, 3.05) is 37.2 Å². The van der Waals surface area contributed by atoms with Crippen LogP contribution in [0.15, 0.2) is 36.4 Å². The van der Waals surface area contributed by atoms with Gasteiger partial charge in [0.1, 0.15) is 7.85 Å². The zero-order valence-corrected chi connectivity index (χ0v) is 27.3. The Labute approximate surface area is 281 Å². The molecule has 2 aromatic carbocycles. The van der Waals surface area contributed by atoms with Crippen molar-refractivity contribution in [2.45, 2.75) is 101 Å². The number of rotatable bonds is 8. The minimum absolute atomic E-state index is 0.0249. The smallest absolute Gasteiger partial charge is 0.418 e. The average Bonchev–Trinajstić information content (AvgIpc) is 3.60. The molecule has 3 aliphatic heterocycles. The van der Waals surface area contributed by atoms with Crippen molar-refractivity contribution < 1.29 is 32.3 Å². The van der Waals surface area contributed by atoms with Crippen LogP contribution in [0.25, 0.3) is 0 Å². The van der Waals surface area contributed by atoms with Gasteiger partial charge in [-0.05, 0) is 100 Å². The highest BCUT2D eigenvalue weighted by molar-refractivity contribution is 6.36. The van der Waals surface area contributed by atoms with Crippen LogP contribution in [0.3, 0.4) is 0 Å². The van der Waals surface area contributed by atoms with Crippen molar-refractivity contribution in [1.82, 2.24) is 9.80 Å². The summed E-state index contributed by atoms with van der Waals surface area (Å²) in [5.74, 6) is -0.675. The lowest BCUT2D eigenvalue weighted by molar-refractivity contribution is -0.161. The van der Waals surface area contributed by atoms with Gasteiger partial charge in [-0.2, -0.15) is 13.2 Å². The average molecular weight is 665 g/mol. The van der Waals surface area contributed by atoms with Gasteiger partial charge in [0.25, 0.3) is 5.91 Å². The molecule has 2 saturated heterocycles. The third-order valence-electron chi connectivity index (χ3n) is 11.1. The van der Waals surface area contributed by atoms with Crippen LogP contribution in [0.2, 0.25) is 0 Å². The number of nitrogen functional groups attached to an aromatic ring is 1. The number of esters is 1. The molecule has 0 aromatic heterocycles. The van der Waals surface area contributed by atoms with E-state index in [2.05, 4.69) is 16.3 Å². The summed E-state index contributed by atoms with van der Waals surface area (Å²) in [6, 6.07) is 10.5. The Kier molecular flexibility index (Phi) is 10.1. The van der Waals surface area contributed by atoms with Crippen LogP contribution < -0.4 is 16.5 Å². The molecular formula is C36H44BF3N4O4. The van der Waals surface area contributed by atoms with Crippen LogP contribution in [0.5, 0.6) is 0 Å². The summed E-state index contributed by atoms with van der Waals surface area (Å²) < 4.78 is 47.0. The fourth-order valence-corrected chi connectivity index (χ4v) is 8.40. The molecule has 1 atom stereocenters. The van der Waals surface area contributed by atoms with Crippen molar-refractivity contribution in [3.63, 3.8) is 0 Å². The van der Waals surface area contributed by atoms with Crippen LogP contribution in [0, 0.1) is 5.92 Å². The Morgan fingerprint density at radius 2 is 1.73 bits per heavy atom. The second-order valence-electron chi connectivity index (χ2n) is 14.2. The minimum Gasteiger partial charge on any atom is -0.452 e. The van der Waals surface area contributed by atoms with Gasteiger partial charge in [-0.1, -0.05) is 29.7 Å². The van der Waals surface area contributed by atoms with Crippen molar-refractivity contribution >= 4 is 42.5 Å². The number of para-hydroxylation sites is 1. The van der Waals surface area contributed by atoms with Gasteiger partial charge in [-0.3, -0.25) is 14.4 Å². The topological polar surface area (TPSA) is 105 Å². The lowest BCUT2D eigenvalue weighted by atomic mass is 9.63. The number of alkyl halides is 3. The highest BCUT2D eigenvalue weighted by Gasteiger charge is 2.43.